The van der Waals surface area contributed by atoms with Crippen LogP contribution in [0.4, 0.5) is 5.69 Å². The van der Waals surface area contributed by atoms with E-state index in [-0.39, 0.29) is 5.91 Å². The van der Waals surface area contributed by atoms with E-state index >= 15 is 0 Å². The quantitative estimate of drug-likeness (QED) is 0.800. The third kappa shape index (κ3) is 3.43. The molecule has 0 aliphatic carbocycles. The summed E-state index contributed by atoms with van der Waals surface area (Å²) in [5.41, 5.74) is 1.11. The summed E-state index contributed by atoms with van der Waals surface area (Å²) < 4.78 is 5.57. The van der Waals surface area contributed by atoms with Gasteiger partial charge in [-0.25, -0.2) is 4.98 Å². The number of benzene rings is 1. The number of aromatic nitrogens is 3. The van der Waals surface area contributed by atoms with E-state index in [2.05, 4.69) is 20.3 Å². The molecule has 108 valence electrons. The molecule has 22 heavy (non-hydrogen) atoms. The van der Waals surface area contributed by atoms with Crippen molar-refractivity contribution in [1.29, 1.82) is 0 Å². The summed E-state index contributed by atoms with van der Waals surface area (Å²) in [4.78, 5) is 23.9. The van der Waals surface area contributed by atoms with Gasteiger partial charge in [0.25, 0.3) is 5.91 Å². The molecule has 1 amide bonds. The maximum Gasteiger partial charge on any atom is 0.257 e. The van der Waals surface area contributed by atoms with Crippen molar-refractivity contribution < 1.29 is 9.53 Å². The van der Waals surface area contributed by atoms with Crippen LogP contribution in [0.5, 0.6) is 11.6 Å². The lowest BCUT2D eigenvalue weighted by Crippen LogP contribution is -2.11. The smallest absolute Gasteiger partial charge is 0.257 e. The molecular formula is C16H12N4O2. The van der Waals surface area contributed by atoms with E-state index in [1.54, 1.807) is 55.0 Å². The van der Waals surface area contributed by atoms with Gasteiger partial charge in [-0.05, 0) is 24.3 Å². The first-order chi connectivity index (χ1) is 10.8. The lowest BCUT2D eigenvalue weighted by Gasteiger charge is -2.08. The predicted molar refractivity (Wildman–Crippen MR) is 80.7 cm³/mol. The Morgan fingerprint density at radius 2 is 1.91 bits per heavy atom. The molecule has 0 radical (unpaired) electrons. The second-order valence-corrected chi connectivity index (χ2v) is 4.37. The van der Waals surface area contributed by atoms with Crippen molar-refractivity contribution in [2.75, 3.05) is 5.32 Å². The number of anilines is 1. The van der Waals surface area contributed by atoms with Crippen LogP contribution < -0.4 is 10.1 Å². The molecule has 2 aromatic heterocycles. The Bertz CT molecular complexity index is 763. The monoisotopic (exact) mass is 292 g/mol. The van der Waals surface area contributed by atoms with Crippen molar-refractivity contribution in [2.45, 2.75) is 0 Å². The molecule has 0 saturated carbocycles. The van der Waals surface area contributed by atoms with Gasteiger partial charge in [0.1, 0.15) is 5.75 Å². The van der Waals surface area contributed by atoms with Crippen molar-refractivity contribution in [2.24, 2.45) is 0 Å². The van der Waals surface area contributed by atoms with E-state index in [4.69, 9.17) is 4.74 Å². The van der Waals surface area contributed by atoms with E-state index in [1.807, 2.05) is 0 Å². The summed E-state index contributed by atoms with van der Waals surface area (Å²) in [5, 5.41) is 2.79. The van der Waals surface area contributed by atoms with E-state index < -0.39 is 0 Å². The van der Waals surface area contributed by atoms with Crippen LogP contribution in [-0.2, 0) is 0 Å². The predicted octanol–water partition coefficient (Wildman–Crippen LogP) is 2.92. The first-order valence-corrected chi connectivity index (χ1v) is 6.56. The third-order valence-electron chi connectivity index (χ3n) is 2.78. The number of nitrogens with one attached hydrogen (secondary N) is 1. The molecule has 0 unspecified atom stereocenters. The van der Waals surface area contributed by atoms with E-state index in [0.29, 0.717) is 22.9 Å². The normalized spacial score (nSPS) is 10.0. The minimum atomic E-state index is -0.232. The molecule has 1 N–H and O–H groups in total. The Labute approximate surface area is 126 Å². The number of nitrogens with zero attached hydrogens (tertiary/aromatic N) is 3. The number of pyridine rings is 1. The van der Waals surface area contributed by atoms with E-state index in [9.17, 15) is 4.79 Å². The highest BCUT2D eigenvalue weighted by Gasteiger charge is 2.06. The number of hydrogen-bond acceptors (Lipinski definition) is 5. The van der Waals surface area contributed by atoms with Gasteiger partial charge in [-0.1, -0.05) is 6.07 Å². The molecular weight excluding hydrogens is 280 g/mol. The summed E-state index contributed by atoms with van der Waals surface area (Å²) in [5.74, 6) is 0.715. The molecule has 0 spiro atoms. The molecule has 2 heterocycles. The van der Waals surface area contributed by atoms with Gasteiger partial charge < -0.3 is 10.1 Å². The van der Waals surface area contributed by atoms with Crippen molar-refractivity contribution >= 4 is 11.6 Å². The van der Waals surface area contributed by atoms with Crippen LogP contribution in [0.3, 0.4) is 0 Å². The molecule has 0 aliphatic heterocycles. The van der Waals surface area contributed by atoms with Crippen LogP contribution in [0.25, 0.3) is 0 Å². The average molecular weight is 292 g/mol. The lowest BCUT2D eigenvalue weighted by molar-refractivity contribution is 0.102. The highest BCUT2D eigenvalue weighted by atomic mass is 16.5. The van der Waals surface area contributed by atoms with Crippen LogP contribution in [0.1, 0.15) is 10.4 Å². The van der Waals surface area contributed by atoms with Gasteiger partial charge in [-0.3, -0.25) is 14.8 Å². The van der Waals surface area contributed by atoms with Crippen molar-refractivity contribution in [3.8, 4) is 11.6 Å². The molecule has 0 bridgehead atoms. The zero-order valence-corrected chi connectivity index (χ0v) is 11.5. The van der Waals surface area contributed by atoms with Crippen LogP contribution in [0.15, 0.2) is 67.4 Å². The van der Waals surface area contributed by atoms with Crippen molar-refractivity contribution in [1.82, 2.24) is 15.0 Å². The summed E-state index contributed by atoms with van der Waals surface area (Å²) >= 11 is 0. The standard InChI is InChI=1S/C16H12N4O2/c21-16(12-3-2-6-17-10-12)20-13-4-1-5-14(9-13)22-15-11-18-7-8-19-15/h1-11H,(H,20,21). The topological polar surface area (TPSA) is 77.0 Å². The summed E-state index contributed by atoms with van der Waals surface area (Å²) in [6.45, 7) is 0. The minimum absolute atomic E-state index is 0.232. The average Bonchev–Trinajstić information content (AvgIpc) is 2.57. The van der Waals surface area contributed by atoms with E-state index in [0.717, 1.165) is 0 Å². The Balaban J connectivity index is 1.73. The first kappa shape index (κ1) is 13.7. The van der Waals surface area contributed by atoms with Gasteiger partial charge in [0.15, 0.2) is 0 Å². The summed E-state index contributed by atoms with van der Waals surface area (Å²) in [6, 6.07) is 10.4. The van der Waals surface area contributed by atoms with Crippen LogP contribution in [0, 0.1) is 0 Å². The van der Waals surface area contributed by atoms with Gasteiger partial charge in [0, 0.05) is 36.5 Å². The van der Waals surface area contributed by atoms with Gasteiger partial charge in [-0.2, -0.15) is 0 Å². The highest BCUT2D eigenvalue weighted by Crippen LogP contribution is 2.22. The van der Waals surface area contributed by atoms with Crippen molar-refractivity contribution in [3.63, 3.8) is 0 Å². The molecule has 6 nitrogen and oxygen atoms in total. The highest BCUT2D eigenvalue weighted by molar-refractivity contribution is 6.04. The fraction of sp³-hybridized carbons (Fsp3) is 0. The Morgan fingerprint density at radius 3 is 2.68 bits per heavy atom. The molecule has 0 fully saturated rings. The Morgan fingerprint density at radius 1 is 1.00 bits per heavy atom. The maximum absolute atomic E-state index is 12.1. The zero-order chi connectivity index (χ0) is 15.2. The van der Waals surface area contributed by atoms with Crippen LogP contribution in [0.2, 0.25) is 0 Å². The van der Waals surface area contributed by atoms with Gasteiger partial charge in [0.2, 0.25) is 5.88 Å². The van der Waals surface area contributed by atoms with Gasteiger partial charge in [0.05, 0.1) is 11.8 Å². The molecule has 0 saturated heterocycles. The largest absolute Gasteiger partial charge is 0.437 e. The molecule has 3 aromatic rings. The second-order valence-electron chi connectivity index (χ2n) is 4.37. The SMILES string of the molecule is O=C(Nc1cccc(Oc2cnccn2)c1)c1cccnc1. The molecule has 0 atom stereocenters. The fourth-order valence-electron chi connectivity index (χ4n) is 1.80. The second kappa shape index (κ2) is 6.45. The molecule has 3 rings (SSSR count). The number of ether oxygens (including phenoxy) is 1. The lowest BCUT2D eigenvalue weighted by atomic mass is 10.2. The van der Waals surface area contributed by atoms with E-state index in [1.165, 1.54) is 12.4 Å². The molecule has 6 heteroatoms. The van der Waals surface area contributed by atoms with Crippen LogP contribution >= 0.6 is 0 Å². The number of rotatable bonds is 4. The number of carbonyl (C=O) groups is 1. The Kier molecular flexibility index (Phi) is 4.01. The van der Waals surface area contributed by atoms with Crippen molar-refractivity contribution in [3.05, 3.63) is 72.9 Å². The fourth-order valence-corrected chi connectivity index (χ4v) is 1.80. The summed E-state index contributed by atoms with van der Waals surface area (Å²) in [6.07, 6.45) is 7.75. The third-order valence-corrected chi connectivity index (χ3v) is 2.78. The number of carbonyl (C=O) groups excluding carboxylic acids is 1. The zero-order valence-electron chi connectivity index (χ0n) is 11.5. The first-order valence-electron chi connectivity index (χ1n) is 6.56. The minimum Gasteiger partial charge on any atom is -0.437 e. The number of hydrogen-bond donors (Lipinski definition) is 1. The summed E-state index contributed by atoms with van der Waals surface area (Å²) in [7, 11) is 0. The number of amides is 1. The molecule has 0 aliphatic rings. The molecule has 1 aromatic carbocycles. The maximum atomic E-state index is 12.1. The van der Waals surface area contributed by atoms with Gasteiger partial charge >= 0.3 is 0 Å². The van der Waals surface area contributed by atoms with Crippen LogP contribution in [-0.4, -0.2) is 20.9 Å². The Hall–Kier alpha value is -3.28. The van der Waals surface area contributed by atoms with Gasteiger partial charge in [-0.15, -0.1) is 0 Å².